The lowest BCUT2D eigenvalue weighted by Crippen LogP contribution is -2.37. The molecule has 1 aromatic carbocycles. The largest absolute Gasteiger partial charge is 0.392 e. The molecular formula is C17H25NO2. The smallest absolute Gasteiger partial charge is 0.223 e. The molecule has 2 N–H and O–H groups in total. The summed E-state index contributed by atoms with van der Waals surface area (Å²) < 4.78 is 0. The van der Waals surface area contributed by atoms with Gasteiger partial charge in [-0.2, -0.15) is 0 Å². The molecule has 0 heterocycles. The van der Waals surface area contributed by atoms with Gasteiger partial charge in [-0.05, 0) is 35.8 Å². The first kappa shape index (κ1) is 15.0. The molecule has 3 nitrogen and oxygen atoms in total. The van der Waals surface area contributed by atoms with Crippen LogP contribution in [0.15, 0.2) is 24.3 Å². The number of fused-ring (bicyclic) bond motifs is 1. The van der Waals surface area contributed by atoms with Crippen molar-refractivity contribution in [2.75, 3.05) is 0 Å². The Morgan fingerprint density at radius 1 is 1.40 bits per heavy atom. The standard InChI is InChI=1S/C17H25NO2/c1-11(2)15(19)10-16(20)18-17-12(3)8-9-13-6-4-5-7-14(13)17/h4-7,11-12,15,17,19H,8-10H2,1-3H3,(H,18,20). The minimum atomic E-state index is -0.566. The monoisotopic (exact) mass is 275 g/mol. The van der Waals surface area contributed by atoms with Crippen LogP contribution in [0.5, 0.6) is 0 Å². The van der Waals surface area contributed by atoms with Gasteiger partial charge in [-0.15, -0.1) is 0 Å². The molecule has 1 aliphatic rings. The van der Waals surface area contributed by atoms with Crippen molar-refractivity contribution < 1.29 is 9.90 Å². The van der Waals surface area contributed by atoms with Gasteiger partial charge in [0.1, 0.15) is 0 Å². The number of aryl methyl sites for hydroxylation is 1. The van der Waals surface area contributed by atoms with Crippen molar-refractivity contribution in [1.82, 2.24) is 5.32 Å². The van der Waals surface area contributed by atoms with Gasteiger partial charge in [0.25, 0.3) is 0 Å². The van der Waals surface area contributed by atoms with Crippen molar-refractivity contribution in [2.45, 2.75) is 52.2 Å². The second-order valence-electron chi connectivity index (χ2n) is 6.28. The number of benzene rings is 1. The fourth-order valence-electron chi connectivity index (χ4n) is 2.80. The average molecular weight is 275 g/mol. The Hall–Kier alpha value is -1.35. The highest BCUT2D eigenvalue weighted by atomic mass is 16.3. The molecule has 0 bridgehead atoms. The highest BCUT2D eigenvalue weighted by Gasteiger charge is 2.28. The molecule has 0 saturated heterocycles. The van der Waals surface area contributed by atoms with E-state index in [0.717, 1.165) is 12.8 Å². The Morgan fingerprint density at radius 3 is 2.80 bits per heavy atom. The molecule has 2 rings (SSSR count). The number of hydrogen-bond donors (Lipinski definition) is 2. The molecule has 0 saturated carbocycles. The maximum atomic E-state index is 12.1. The highest BCUT2D eigenvalue weighted by molar-refractivity contribution is 5.77. The van der Waals surface area contributed by atoms with Gasteiger partial charge in [0.15, 0.2) is 0 Å². The molecule has 3 heteroatoms. The van der Waals surface area contributed by atoms with Gasteiger partial charge in [-0.3, -0.25) is 4.79 Å². The number of hydrogen-bond acceptors (Lipinski definition) is 2. The van der Waals surface area contributed by atoms with Gasteiger partial charge in [0.2, 0.25) is 5.91 Å². The quantitative estimate of drug-likeness (QED) is 0.887. The fourth-order valence-corrected chi connectivity index (χ4v) is 2.80. The van der Waals surface area contributed by atoms with Crippen LogP contribution in [0, 0.1) is 11.8 Å². The van der Waals surface area contributed by atoms with Crippen LogP contribution in [0.4, 0.5) is 0 Å². The number of aliphatic hydroxyl groups excluding tert-OH is 1. The molecule has 1 aromatic rings. The van der Waals surface area contributed by atoms with Crippen molar-refractivity contribution in [2.24, 2.45) is 11.8 Å². The van der Waals surface area contributed by atoms with Crippen molar-refractivity contribution in [3.05, 3.63) is 35.4 Å². The zero-order chi connectivity index (χ0) is 14.7. The van der Waals surface area contributed by atoms with Gasteiger partial charge >= 0.3 is 0 Å². The summed E-state index contributed by atoms with van der Waals surface area (Å²) in [4.78, 5) is 12.1. The normalized spacial score (nSPS) is 23.2. The first-order chi connectivity index (χ1) is 9.49. The summed E-state index contributed by atoms with van der Waals surface area (Å²) in [5.41, 5.74) is 2.57. The summed E-state index contributed by atoms with van der Waals surface area (Å²) in [5.74, 6) is 0.488. The first-order valence-corrected chi connectivity index (χ1v) is 7.54. The Morgan fingerprint density at radius 2 is 2.10 bits per heavy atom. The molecule has 0 spiro atoms. The zero-order valence-electron chi connectivity index (χ0n) is 12.6. The summed E-state index contributed by atoms with van der Waals surface area (Å²) >= 11 is 0. The summed E-state index contributed by atoms with van der Waals surface area (Å²) in [6, 6.07) is 8.40. The summed E-state index contributed by atoms with van der Waals surface area (Å²) in [5, 5.41) is 12.9. The number of aliphatic hydroxyl groups is 1. The minimum absolute atomic E-state index is 0.0558. The predicted octanol–water partition coefficient (Wildman–Crippen LogP) is 2.83. The molecular weight excluding hydrogens is 250 g/mol. The van der Waals surface area contributed by atoms with Crippen LogP contribution in [0.1, 0.15) is 50.8 Å². The molecule has 0 fully saturated rings. The SMILES string of the molecule is CC(C)C(O)CC(=O)NC1c2ccccc2CCC1C. The molecule has 3 unspecified atom stereocenters. The maximum Gasteiger partial charge on any atom is 0.223 e. The maximum absolute atomic E-state index is 12.1. The molecule has 20 heavy (non-hydrogen) atoms. The third-order valence-electron chi connectivity index (χ3n) is 4.31. The van der Waals surface area contributed by atoms with E-state index in [0.29, 0.717) is 5.92 Å². The Bertz CT molecular complexity index is 470. The molecule has 1 amide bonds. The minimum Gasteiger partial charge on any atom is -0.392 e. The number of rotatable bonds is 4. The van der Waals surface area contributed by atoms with Crippen LogP contribution < -0.4 is 5.32 Å². The van der Waals surface area contributed by atoms with E-state index in [4.69, 9.17) is 0 Å². The van der Waals surface area contributed by atoms with Crippen molar-refractivity contribution >= 4 is 5.91 Å². The lowest BCUT2D eigenvalue weighted by Gasteiger charge is -2.32. The summed E-state index contributed by atoms with van der Waals surface area (Å²) in [6.07, 6.45) is 1.79. The number of amides is 1. The van der Waals surface area contributed by atoms with E-state index in [1.807, 2.05) is 19.9 Å². The van der Waals surface area contributed by atoms with Crippen molar-refractivity contribution in [1.29, 1.82) is 0 Å². The number of nitrogens with one attached hydrogen (secondary N) is 1. The van der Waals surface area contributed by atoms with E-state index < -0.39 is 6.10 Å². The fraction of sp³-hybridized carbons (Fsp3) is 0.588. The topological polar surface area (TPSA) is 49.3 Å². The zero-order valence-corrected chi connectivity index (χ0v) is 12.6. The van der Waals surface area contributed by atoms with E-state index in [1.54, 1.807) is 0 Å². The van der Waals surface area contributed by atoms with Gasteiger partial charge in [0, 0.05) is 0 Å². The van der Waals surface area contributed by atoms with Gasteiger partial charge in [-0.25, -0.2) is 0 Å². The molecule has 3 atom stereocenters. The van der Waals surface area contributed by atoms with E-state index >= 15 is 0 Å². The molecule has 1 aliphatic carbocycles. The van der Waals surface area contributed by atoms with E-state index in [2.05, 4.69) is 30.4 Å². The first-order valence-electron chi connectivity index (χ1n) is 7.54. The predicted molar refractivity (Wildman–Crippen MR) is 80.3 cm³/mol. The van der Waals surface area contributed by atoms with Crippen LogP contribution in [0.3, 0.4) is 0 Å². The van der Waals surface area contributed by atoms with Gasteiger partial charge in [0.05, 0.1) is 18.6 Å². The van der Waals surface area contributed by atoms with E-state index in [9.17, 15) is 9.90 Å². The van der Waals surface area contributed by atoms with E-state index in [-0.39, 0.29) is 24.3 Å². The summed E-state index contributed by atoms with van der Waals surface area (Å²) in [7, 11) is 0. The second kappa shape index (κ2) is 6.40. The molecule has 110 valence electrons. The third kappa shape index (κ3) is 3.40. The Balaban J connectivity index is 2.07. The lowest BCUT2D eigenvalue weighted by atomic mass is 9.80. The van der Waals surface area contributed by atoms with Crippen molar-refractivity contribution in [3.8, 4) is 0 Å². The van der Waals surface area contributed by atoms with Crippen LogP contribution in [-0.4, -0.2) is 17.1 Å². The second-order valence-corrected chi connectivity index (χ2v) is 6.28. The Kier molecular flexibility index (Phi) is 4.81. The average Bonchev–Trinajstić information content (AvgIpc) is 2.42. The van der Waals surface area contributed by atoms with Crippen LogP contribution in [0.2, 0.25) is 0 Å². The Labute approximate surface area is 121 Å². The number of carbonyl (C=O) groups excluding carboxylic acids is 1. The van der Waals surface area contributed by atoms with Crippen LogP contribution in [-0.2, 0) is 11.2 Å². The third-order valence-corrected chi connectivity index (χ3v) is 4.31. The van der Waals surface area contributed by atoms with Gasteiger partial charge in [-0.1, -0.05) is 45.0 Å². The van der Waals surface area contributed by atoms with Gasteiger partial charge < -0.3 is 10.4 Å². The molecule has 0 aromatic heterocycles. The van der Waals surface area contributed by atoms with Crippen LogP contribution in [0.25, 0.3) is 0 Å². The summed E-state index contributed by atoms with van der Waals surface area (Å²) in [6.45, 7) is 6.03. The highest BCUT2D eigenvalue weighted by Crippen LogP contribution is 2.34. The van der Waals surface area contributed by atoms with Crippen LogP contribution >= 0.6 is 0 Å². The molecule has 0 aliphatic heterocycles. The lowest BCUT2D eigenvalue weighted by molar-refractivity contribution is -0.124. The van der Waals surface area contributed by atoms with E-state index in [1.165, 1.54) is 11.1 Å². The number of carbonyl (C=O) groups is 1. The molecule has 0 radical (unpaired) electrons. The van der Waals surface area contributed by atoms with Crippen molar-refractivity contribution in [3.63, 3.8) is 0 Å².